The molecule has 5 rings (SSSR count). The summed E-state index contributed by atoms with van der Waals surface area (Å²) >= 11 is 0. The van der Waals surface area contributed by atoms with Crippen LogP contribution in [-0.2, 0) is 0 Å². The molecule has 1 N–H and O–H groups in total. The molecule has 1 aliphatic rings. The molecule has 0 amide bonds. The Hall–Kier alpha value is -3.94. The highest BCUT2D eigenvalue weighted by atomic mass is 19.3. The summed E-state index contributed by atoms with van der Waals surface area (Å²) in [6, 6.07) is 18.0. The molecule has 3 aromatic carbocycles. The lowest BCUT2D eigenvalue weighted by Gasteiger charge is -2.28. The highest BCUT2D eigenvalue weighted by molar-refractivity contribution is 5.85. The molecule has 1 atom stereocenters. The Morgan fingerprint density at radius 3 is 2.53 bits per heavy atom. The van der Waals surface area contributed by atoms with Crippen LogP contribution in [0, 0.1) is 5.82 Å². The van der Waals surface area contributed by atoms with E-state index in [2.05, 4.69) is 10.3 Å². The number of rotatable bonds is 5. The summed E-state index contributed by atoms with van der Waals surface area (Å²) in [6.45, 7) is -3.02. The molecule has 0 unspecified atom stereocenters. The fraction of sp³-hybridized carbons (Fsp3) is 0.125. The number of hydrogen-bond acceptors (Lipinski definition) is 4. The van der Waals surface area contributed by atoms with E-state index in [0.29, 0.717) is 17.2 Å². The Balaban J connectivity index is 1.75. The Kier molecular flexibility index (Phi) is 4.97. The summed E-state index contributed by atoms with van der Waals surface area (Å²) in [6.07, 6.45) is 1.88. The van der Waals surface area contributed by atoms with E-state index < -0.39 is 12.7 Å². The number of para-hydroxylation sites is 3. The van der Waals surface area contributed by atoms with Gasteiger partial charge in [-0.2, -0.15) is 8.78 Å². The third-order valence-corrected chi connectivity index (χ3v) is 5.36. The van der Waals surface area contributed by atoms with Gasteiger partial charge in [0, 0.05) is 11.3 Å². The van der Waals surface area contributed by atoms with Crippen molar-refractivity contribution in [3.8, 4) is 11.5 Å². The first kappa shape index (κ1) is 20.0. The highest BCUT2D eigenvalue weighted by Gasteiger charge is 2.29. The predicted octanol–water partition coefficient (Wildman–Crippen LogP) is 5.84. The van der Waals surface area contributed by atoms with E-state index in [4.69, 9.17) is 9.47 Å². The number of alkyl halides is 2. The first-order valence-corrected chi connectivity index (χ1v) is 9.88. The second kappa shape index (κ2) is 7.96. The lowest BCUT2D eigenvalue weighted by Crippen LogP contribution is -2.20. The molecule has 5 nitrogen and oxygen atoms in total. The Morgan fingerprint density at radius 1 is 1.00 bits per heavy atom. The summed E-state index contributed by atoms with van der Waals surface area (Å²) in [5, 5.41) is 3.28. The summed E-state index contributed by atoms with van der Waals surface area (Å²) in [5.41, 5.74) is 3.45. The normalized spacial score (nSPS) is 15.3. The van der Waals surface area contributed by atoms with E-state index in [1.807, 2.05) is 34.9 Å². The number of imidazole rings is 1. The predicted molar refractivity (Wildman–Crippen MR) is 115 cm³/mol. The number of nitrogens with zero attached hydrogens (tertiary/aromatic N) is 2. The van der Waals surface area contributed by atoms with Gasteiger partial charge in [0.1, 0.15) is 5.82 Å². The molecule has 0 saturated heterocycles. The van der Waals surface area contributed by atoms with Crippen molar-refractivity contribution in [3.05, 3.63) is 89.8 Å². The molecular formula is C24H18F3N3O2. The molecule has 2 heterocycles. The number of nitrogens with one attached hydrogen (secondary N) is 1. The maximum Gasteiger partial charge on any atom is 0.387 e. The van der Waals surface area contributed by atoms with E-state index in [-0.39, 0.29) is 17.3 Å². The van der Waals surface area contributed by atoms with Crippen LogP contribution in [-0.4, -0.2) is 23.3 Å². The number of anilines is 1. The Morgan fingerprint density at radius 2 is 1.78 bits per heavy atom. The zero-order valence-corrected chi connectivity index (χ0v) is 16.9. The maximum atomic E-state index is 13.5. The van der Waals surface area contributed by atoms with Crippen LogP contribution in [0.5, 0.6) is 11.5 Å². The summed E-state index contributed by atoms with van der Waals surface area (Å²) < 4.78 is 52.2. The molecule has 32 heavy (non-hydrogen) atoms. The van der Waals surface area contributed by atoms with Gasteiger partial charge in [-0.3, -0.25) is 4.57 Å². The van der Waals surface area contributed by atoms with E-state index in [0.717, 1.165) is 16.6 Å². The van der Waals surface area contributed by atoms with Crippen molar-refractivity contribution in [1.82, 2.24) is 9.55 Å². The minimum atomic E-state index is -3.02. The van der Waals surface area contributed by atoms with Gasteiger partial charge in [0.25, 0.3) is 0 Å². The quantitative estimate of drug-likeness (QED) is 0.426. The van der Waals surface area contributed by atoms with Gasteiger partial charge in [-0.15, -0.1) is 0 Å². The van der Waals surface area contributed by atoms with Gasteiger partial charge in [0.2, 0.25) is 5.95 Å². The summed E-state index contributed by atoms with van der Waals surface area (Å²) in [5.74, 6) is 0.331. The minimum absolute atomic E-state index is 0.0460. The van der Waals surface area contributed by atoms with Crippen LogP contribution in [0.1, 0.15) is 17.2 Å². The van der Waals surface area contributed by atoms with Crippen molar-refractivity contribution in [3.63, 3.8) is 0 Å². The molecule has 8 heteroatoms. The fourth-order valence-corrected chi connectivity index (χ4v) is 3.98. The summed E-state index contributed by atoms with van der Waals surface area (Å²) in [7, 11) is 1.40. The van der Waals surface area contributed by atoms with Crippen molar-refractivity contribution in [2.75, 3.05) is 12.4 Å². The molecule has 162 valence electrons. The molecule has 1 aromatic heterocycles. The number of benzene rings is 3. The zero-order valence-electron chi connectivity index (χ0n) is 16.9. The van der Waals surface area contributed by atoms with Crippen LogP contribution in [0.3, 0.4) is 0 Å². The van der Waals surface area contributed by atoms with Gasteiger partial charge in [0.05, 0.1) is 24.2 Å². The summed E-state index contributed by atoms with van der Waals surface area (Å²) in [4.78, 5) is 4.67. The number of halogens is 3. The number of ether oxygens (including phenoxy) is 2. The van der Waals surface area contributed by atoms with Crippen LogP contribution >= 0.6 is 0 Å². The molecule has 0 radical (unpaired) electrons. The molecule has 0 saturated carbocycles. The van der Waals surface area contributed by atoms with Crippen molar-refractivity contribution in [2.24, 2.45) is 0 Å². The zero-order chi connectivity index (χ0) is 22.2. The maximum absolute atomic E-state index is 13.5. The van der Waals surface area contributed by atoms with Gasteiger partial charge in [-0.05, 0) is 54.1 Å². The molecule has 0 aliphatic carbocycles. The van der Waals surface area contributed by atoms with Gasteiger partial charge in [-0.25, -0.2) is 9.37 Å². The third-order valence-electron chi connectivity index (χ3n) is 5.36. The van der Waals surface area contributed by atoms with Crippen LogP contribution in [0.4, 0.5) is 19.1 Å². The van der Waals surface area contributed by atoms with E-state index in [1.165, 1.54) is 19.2 Å². The van der Waals surface area contributed by atoms with Gasteiger partial charge < -0.3 is 14.8 Å². The fourth-order valence-electron chi connectivity index (χ4n) is 3.98. The molecule has 0 fully saturated rings. The molecule has 0 spiro atoms. The SMILES string of the molecule is COc1cccc([C@H]2C=C(c3ccc(F)cc3)Nc3nc4ccccc4n32)c1OC(F)F. The average Bonchev–Trinajstić information content (AvgIpc) is 3.17. The molecule has 1 aliphatic heterocycles. The van der Waals surface area contributed by atoms with E-state index >= 15 is 0 Å². The first-order valence-electron chi connectivity index (χ1n) is 9.88. The van der Waals surface area contributed by atoms with Crippen LogP contribution in [0.25, 0.3) is 16.7 Å². The standard InChI is InChI=1S/C24H18F3N3O2/c1-31-21-8-4-5-16(22(21)32-23(26)27)20-13-18(14-9-11-15(25)12-10-14)29-24-28-17-6-2-3-7-19(17)30(20)24/h2-13,20,23H,1H3,(H,28,29)/t20-/m1/s1. The van der Waals surface area contributed by atoms with Crippen LogP contribution in [0.2, 0.25) is 0 Å². The van der Waals surface area contributed by atoms with Crippen molar-refractivity contribution < 1.29 is 22.6 Å². The molecule has 4 aromatic rings. The van der Waals surface area contributed by atoms with Crippen molar-refractivity contribution >= 4 is 22.7 Å². The van der Waals surface area contributed by atoms with Crippen LogP contribution in [0.15, 0.2) is 72.8 Å². The van der Waals surface area contributed by atoms with Gasteiger partial charge in [-0.1, -0.05) is 24.3 Å². The Bertz CT molecular complexity index is 1320. The van der Waals surface area contributed by atoms with Crippen molar-refractivity contribution in [1.29, 1.82) is 0 Å². The monoisotopic (exact) mass is 437 g/mol. The highest BCUT2D eigenvalue weighted by Crippen LogP contribution is 2.43. The lowest BCUT2D eigenvalue weighted by molar-refractivity contribution is -0.0519. The minimum Gasteiger partial charge on any atom is -0.493 e. The lowest BCUT2D eigenvalue weighted by atomic mass is 9.99. The second-order valence-corrected chi connectivity index (χ2v) is 7.21. The third kappa shape index (κ3) is 3.43. The smallest absolute Gasteiger partial charge is 0.387 e. The molecular weight excluding hydrogens is 419 g/mol. The average molecular weight is 437 g/mol. The number of aromatic nitrogens is 2. The second-order valence-electron chi connectivity index (χ2n) is 7.21. The number of hydrogen-bond donors (Lipinski definition) is 1. The topological polar surface area (TPSA) is 48.3 Å². The Labute approximate surface area is 181 Å². The van der Waals surface area contributed by atoms with Crippen molar-refractivity contribution in [2.45, 2.75) is 12.7 Å². The number of methoxy groups -OCH3 is 1. The first-order chi connectivity index (χ1) is 15.5. The largest absolute Gasteiger partial charge is 0.493 e. The molecule has 0 bridgehead atoms. The van der Waals surface area contributed by atoms with Gasteiger partial charge in [0.15, 0.2) is 11.5 Å². The number of fused-ring (bicyclic) bond motifs is 3. The van der Waals surface area contributed by atoms with Gasteiger partial charge >= 0.3 is 6.61 Å². The van der Waals surface area contributed by atoms with E-state index in [9.17, 15) is 13.2 Å². The van der Waals surface area contributed by atoms with E-state index in [1.54, 1.807) is 30.3 Å². The van der Waals surface area contributed by atoms with Crippen LogP contribution < -0.4 is 14.8 Å². The number of allylic oxidation sites excluding steroid dienone is 1.